The number of hydrogen-bond donors (Lipinski definition) is 2. The normalized spacial score (nSPS) is 21.0. The molecule has 5 nitrogen and oxygen atoms in total. The third kappa shape index (κ3) is 2.59. The number of nitrogens with one attached hydrogen (secondary N) is 1. The van der Waals surface area contributed by atoms with Gasteiger partial charge in [-0.25, -0.2) is 13.1 Å². The quantitative estimate of drug-likeness (QED) is 0.898. The number of rotatable bonds is 3. The summed E-state index contributed by atoms with van der Waals surface area (Å²) in [6.07, 6.45) is -0.357. The number of aliphatic hydroxyl groups is 1. The molecule has 21 heavy (non-hydrogen) atoms. The standard InChI is InChI=1S/C14H12N2O3S2/c15-8-10-5-6-13(20-10)21(18,19)16-14-11-4-2-1-3-9(11)7-12(14)17/h1-6,12,14,16-17H,7H2/t12-,14+/m1/s1. The van der Waals surface area contributed by atoms with Gasteiger partial charge in [-0.15, -0.1) is 11.3 Å². The summed E-state index contributed by atoms with van der Waals surface area (Å²) >= 11 is 0.913. The molecule has 0 unspecified atom stereocenters. The molecule has 1 aromatic heterocycles. The molecule has 0 saturated heterocycles. The highest BCUT2D eigenvalue weighted by molar-refractivity contribution is 7.91. The van der Waals surface area contributed by atoms with Crippen molar-refractivity contribution in [2.75, 3.05) is 0 Å². The van der Waals surface area contributed by atoms with E-state index in [2.05, 4.69) is 4.72 Å². The zero-order chi connectivity index (χ0) is 15.0. The second-order valence-electron chi connectivity index (χ2n) is 4.80. The molecule has 1 aromatic carbocycles. The number of nitrogens with zero attached hydrogens (tertiary/aromatic N) is 1. The van der Waals surface area contributed by atoms with Gasteiger partial charge >= 0.3 is 0 Å². The van der Waals surface area contributed by atoms with Crippen molar-refractivity contribution < 1.29 is 13.5 Å². The third-order valence-corrected chi connectivity index (χ3v) is 6.37. The highest BCUT2D eigenvalue weighted by Crippen LogP contribution is 2.33. The Bertz CT molecular complexity index is 821. The van der Waals surface area contributed by atoms with Gasteiger partial charge in [0.2, 0.25) is 0 Å². The second kappa shape index (κ2) is 5.24. The van der Waals surface area contributed by atoms with Gasteiger partial charge in [-0.05, 0) is 23.3 Å². The van der Waals surface area contributed by atoms with Crippen molar-refractivity contribution in [3.63, 3.8) is 0 Å². The fourth-order valence-electron chi connectivity index (χ4n) is 2.47. The van der Waals surface area contributed by atoms with Crippen LogP contribution in [-0.2, 0) is 16.4 Å². The molecule has 2 atom stereocenters. The molecular weight excluding hydrogens is 308 g/mol. The van der Waals surface area contributed by atoms with Crippen molar-refractivity contribution in [1.29, 1.82) is 5.26 Å². The first-order chi connectivity index (χ1) is 10.0. The summed E-state index contributed by atoms with van der Waals surface area (Å²) in [6.45, 7) is 0. The smallest absolute Gasteiger partial charge is 0.250 e. The third-order valence-electron chi connectivity index (χ3n) is 3.44. The Hall–Kier alpha value is -1.72. The fourth-order valence-corrected chi connectivity index (χ4v) is 4.83. The lowest BCUT2D eigenvalue weighted by Crippen LogP contribution is -2.33. The van der Waals surface area contributed by atoms with Gasteiger partial charge in [0, 0.05) is 6.42 Å². The molecule has 7 heteroatoms. The summed E-state index contributed by atoms with van der Waals surface area (Å²) in [5.74, 6) is 0. The lowest BCUT2D eigenvalue weighted by atomic mass is 10.1. The number of fused-ring (bicyclic) bond motifs is 1. The predicted molar refractivity (Wildman–Crippen MR) is 78.2 cm³/mol. The Morgan fingerprint density at radius 3 is 2.76 bits per heavy atom. The van der Waals surface area contributed by atoms with Gasteiger partial charge in [-0.2, -0.15) is 5.26 Å². The van der Waals surface area contributed by atoms with E-state index in [1.807, 2.05) is 30.3 Å². The summed E-state index contributed by atoms with van der Waals surface area (Å²) < 4.78 is 27.3. The Morgan fingerprint density at radius 2 is 2.05 bits per heavy atom. The van der Waals surface area contributed by atoms with Gasteiger partial charge in [0.05, 0.1) is 12.1 Å². The van der Waals surface area contributed by atoms with Gasteiger partial charge in [0.1, 0.15) is 15.2 Å². The molecule has 0 fully saturated rings. The van der Waals surface area contributed by atoms with Crippen LogP contribution in [0.1, 0.15) is 22.0 Å². The molecule has 0 bridgehead atoms. The molecule has 1 heterocycles. The number of benzene rings is 1. The highest BCUT2D eigenvalue weighted by Gasteiger charge is 2.34. The molecule has 0 radical (unpaired) electrons. The highest BCUT2D eigenvalue weighted by atomic mass is 32.2. The average molecular weight is 320 g/mol. The fraction of sp³-hybridized carbons (Fsp3) is 0.214. The van der Waals surface area contributed by atoms with Crippen LogP contribution in [0.5, 0.6) is 0 Å². The van der Waals surface area contributed by atoms with Crippen LogP contribution >= 0.6 is 11.3 Å². The van der Waals surface area contributed by atoms with Crippen LogP contribution in [0.2, 0.25) is 0 Å². The van der Waals surface area contributed by atoms with Gasteiger partial charge < -0.3 is 5.11 Å². The lowest BCUT2D eigenvalue weighted by molar-refractivity contribution is 0.151. The minimum Gasteiger partial charge on any atom is -0.391 e. The number of sulfonamides is 1. The molecule has 0 amide bonds. The van der Waals surface area contributed by atoms with Gasteiger partial charge in [0.15, 0.2) is 0 Å². The number of nitriles is 1. The first kappa shape index (κ1) is 14.2. The Kier molecular flexibility index (Phi) is 3.55. The van der Waals surface area contributed by atoms with Gasteiger partial charge in [0.25, 0.3) is 10.0 Å². The van der Waals surface area contributed by atoms with Crippen molar-refractivity contribution in [1.82, 2.24) is 4.72 Å². The molecule has 1 aliphatic carbocycles. The Morgan fingerprint density at radius 1 is 1.29 bits per heavy atom. The molecule has 0 spiro atoms. The maximum Gasteiger partial charge on any atom is 0.250 e. The largest absolute Gasteiger partial charge is 0.391 e. The molecule has 3 rings (SSSR count). The van der Waals surface area contributed by atoms with E-state index in [1.54, 1.807) is 0 Å². The van der Waals surface area contributed by atoms with Crippen LogP contribution < -0.4 is 4.72 Å². The van der Waals surface area contributed by atoms with E-state index in [9.17, 15) is 13.5 Å². The van der Waals surface area contributed by atoms with E-state index in [4.69, 9.17) is 5.26 Å². The summed E-state index contributed by atoms with van der Waals surface area (Å²) in [5, 5.41) is 18.9. The van der Waals surface area contributed by atoms with E-state index in [0.717, 1.165) is 22.5 Å². The number of hydrogen-bond acceptors (Lipinski definition) is 5. The summed E-state index contributed by atoms with van der Waals surface area (Å²) in [5.41, 5.74) is 1.74. The summed E-state index contributed by atoms with van der Waals surface area (Å²) in [4.78, 5) is 0.336. The van der Waals surface area contributed by atoms with Crippen molar-refractivity contribution in [3.8, 4) is 6.07 Å². The van der Waals surface area contributed by atoms with E-state index < -0.39 is 22.2 Å². The topological polar surface area (TPSA) is 90.2 Å². The average Bonchev–Trinajstić information content (AvgIpc) is 3.05. The monoisotopic (exact) mass is 320 g/mol. The molecule has 0 saturated carbocycles. The van der Waals surface area contributed by atoms with Crippen LogP contribution in [-0.4, -0.2) is 19.6 Å². The van der Waals surface area contributed by atoms with Gasteiger partial charge in [-0.3, -0.25) is 0 Å². The molecule has 2 aromatic rings. The summed E-state index contributed by atoms with van der Waals surface area (Å²) in [6, 6.07) is 11.5. The molecular formula is C14H12N2O3S2. The molecule has 2 N–H and O–H groups in total. The molecule has 1 aliphatic rings. The predicted octanol–water partition coefficient (Wildman–Crippen LogP) is 1.56. The van der Waals surface area contributed by atoms with Crippen molar-refractivity contribution in [3.05, 3.63) is 52.4 Å². The number of thiophene rings is 1. The van der Waals surface area contributed by atoms with Crippen molar-refractivity contribution in [2.45, 2.75) is 22.8 Å². The molecule has 108 valence electrons. The van der Waals surface area contributed by atoms with Crippen LogP contribution in [0.25, 0.3) is 0 Å². The zero-order valence-electron chi connectivity index (χ0n) is 10.9. The van der Waals surface area contributed by atoms with Crippen LogP contribution in [0, 0.1) is 11.3 Å². The maximum absolute atomic E-state index is 12.4. The Balaban J connectivity index is 1.91. The molecule has 0 aliphatic heterocycles. The van der Waals surface area contributed by atoms with Crippen LogP contribution in [0.4, 0.5) is 0 Å². The van der Waals surface area contributed by atoms with Crippen molar-refractivity contribution in [2.24, 2.45) is 0 Å². The minimum absolute atomic E-state index is 0.0793. The zero-order valence-corrected chi connectivity index (χ0v) is 12.5. The van der Waals surface area contributed by atoms with E-state index in [1.165, 1.54) is 12.1 Å². The van der Waals surface area contributed by atoms with E-state index >= 15 is 0 Å². The number of aliphatic hydroxyl groups excluding tert-OH is 1. The SMILES string of the molecule is N#Cc1ccc(S(=O)(=O)N[C@H]2c3ccccc3C[C@H]2O)s1. The van der Waals surface area contributed by atoms with E-state index in [-0.39, 0.29) is 4.21 Å². The van der Waals surface area contributed by atoms with Crippen LogP contribution in [0.15, 0.2) is 40.6 Å². The first-order valence-corrected chi connectivity index (χ1v) is 8.59. The second-order valence-corrected chi connectivity index (χ2v) is 7.82. The first-order valence-electron chi connectivity index (χ1n) is 6.29. The maximum atomic E-state index is 12.4. The van der Waals surface area contributed by atoms with Crippen LogP contribution in [0.3, 0.4) is 0 Å². The minimum atomic E-state index is -3.75. The van der Waals surface area contributed by atoms with Gasteiger partial charge in [-0.1, -0.05) is 24.3 Å². The lowest BCUT2D eigenvalue weighted by Gasteiger charge is -2.17. The van der Waals surface area contributed by atoms with Crippen molar-refractivity contribution >= 4 is 21.4 Å². The Labute approximate surface area is 126 Å². The summed E-state index contributed by atoms with van der Waals surface area (Å²) in [7, 11) is -3.75. The van der Waals surface area contributed by atoms with E-state index in [0.29, 0.717) is 11.3 Å².